The molecule has 1 saturated heterocycles. The molecule has 0 radical (unpaired) electrons. The Bertz CT molecular complexity index is 1280. The second-order valence-electron chi connectivity index (χ2n) is 8.18. The molecule has 31 heavy (non-hydrogen) atoms. The summed E-state index contributed by atoms with van der Waals surface area (Å²) in [7, 11) is -3.57. The van der Waals surface area contributed by atoms with Crippen LogP contribution in [0.2, 0.25) is 0 Å². The van der Waals surface area contributed by atoms with Gasteiger partial charge in [-0.15, -0.1) is 0 Å². The first-order chi connectivity index (χ1) is 14.8. The van der Waals surface area contributed by atoms with E-state index in [1.807, 2.05) is 6.92 Å². The predicted molar refractivity (Wildman–Crippen MR) is 116 cm³/mol. The quantitative estimate of drug-likeness (QED) is 0.568. The number of benzene rings is 2. The summed E-state index contributed by atoms with van der Waals surface area (Å²) in [5, 5.41) is 4.00. The summed E-state index contributed by atoms with van der Waals surface area (Å²) in [6.45, 7) is 2.86. The summed E-state index contributed by atoms with van der Waals surface area (Å²) in [5.41, 5.74) is 2.55. The molecule has 0 unspecified atom stereocenters. The largest absolute Gasteiger partial charge is 0.368 e. The summed E-state index contributed by atoms with van der Waals surface area (Å²) >= 11 is 0. The van der Waals surface area contributed by atoms with Gasteiger partial charge >= 0.3 is 0 Å². The van der Waals surface area contributed by atoms with Crippen molar-refractivity contribution >= 4 is 32.5 Å². The molecule has 3 aromatic rings. The predicted octanol–water partition coefficient (Wildman–Crippen LogP) is 3.20. The fourth-order valence-electron chi connectivity index (χ4n) is 4.57. The first-order valence-corrected chi connectivity index (χ1v) is 11.8. The smallest absolute Gasteiger partial charge is 0.270 e. The van der Waals surface area contributed by atoms with Gasteiger partial charge in [-0.2, -0.15) is 4.72 Å². The first kappa shape index (κ1) is 20.0. The number of hydrogen-bond acceptors (Lipinski definition) is 4. The number of carbonyl (C=O) groups excluding carboxylic acids is 1. The molecule has 7 nitrogen and oxygen atoms in total. The number of H-pyrrole nitrogens is 1. The van der Waals surface area contributed by atoms with Gasteiger partial charge in [-0.05, 0) is 61.6 Å². The van der Waals surface area contributed by atoms with Crippen molar-refractivity contribution in [1.29, 1.82) is 0 Å². The normalized spacial score (nSPS) is 21.0. The summed E-state index contributed by atoms with van der Waals surface area (Å²) in [4.78, 5) is 18.2. The van der Waals surface area contributed by atoms with Gasteiger partial charge in [0, 0.05) is 24.0 Å². The number of para-hydroxylation sites is 1. The van der Waals surface area contributed by atoms with Crippen LogP contribution >= 0.6 is 0 Å². The lowest BCUT2D eigenvalue weighted by molar-refractivity contribution is 0.0673. The fraction of sp³-hybridized carbons (Fsp3) is 0.318. The van der Waals surface area contributed by atoms with Crippen LogP contribution < -0.4 is 10.0 Å². The molecule has 2 aliphatic heterocycles. The van der Waals surface area contributed by atoms with Gasteiger partial charge in [0.2, 0.25) is 10.0 Å². The van der Waals surface area contributed by atoms with Crippen molar-refractivity contribution < 1.29 is 17.6 Å². The van der Waals surface area contributed by atoms with E-state index in [-0.39, 0.29) is 22.5 Å². The maximum Gasteiger partial charge on any atom is 0.270 e. The van der Waals surface area contributed by atoms with Gasteiger partial charge < -0.3 is 15.2 Å². The third-order valence-electron chi connectivity index (χ3n) is 6.30. The number of fused-ring (bicyclic) bond motifs is 2. The Morgan fingerprint density at radius 3 is 2.65 bits per heavy atom. The number of likely N-dealkylation sites (tertiary alicyclic amines) is 1. The number of piperidine rings is 1. The Labute approximate surface area is 179 Å². The number of halogens is 1. The highest BCUT2D eigenvalue weighted by molar-refractivity contribution is 7.89. The van der Waals surface area contributed by atoms with Gasteiger partial charge in [0.15, 0.2) is 0 Å². The lowest BCUT2D eigenvalue weighted by atomic mass is 9.93. The van der Waals surface area contributed by atoms with E-state index < -0.39 is 16.2 Å². The van der Waals surface area contributed by atoms with Crippen LogP contribution in [0.5, 0.6) is 0 Å². The number of nitrogens with one attached hydrogen (secondary N) is 3. The topological polar surface area (TPSA) is 94.3 Å². The second-order valence-corrected chi connectivity index (χ2v) is 9.87. The molecule has 0 aliphatic carbocycles. The zero-order valence-electron chi connectivity index (χ0n) is 17.0. The zero-order chi connectivity index (χ0) is 21.8. The SMILES string of the molecule is Cc1c(C(=O)N2CCC([C@H]3Nc4ccccc4S(=O)(=O)N3)CC2)[nH]c2ccc(F)cc12. The molecule has 2 aromatic carbocycles. The average molecular weight is 443 g/mol. The molecule has 0 saturated carbocycles. The highest BCUT2D eigenvalue weighted by Crippen LogP contribution is 2.31. The minimum absolute atomic E-state index is 0.0603. The average Bonchev–Trinajstić information content (AvgIpc) is 3.09. The number of rotatable bonds is 2. The second kappa shape index (κ2) is 7.35. The molecule has 0 bridgehead atoms. The van der Waals surface area contributed by atoms with E-state index in [9.17, 15) is 17.6 Å². The van der Waals surface area contributed by atoms with Crippen molar-refractivity contribution in [3.05, 3.63) is 59.5 Å². The van der Waals surface area contributed by atoms with Crippen molar-refractivity contribution in [3.8, 4) is 0 Å². The molecule has 3 N–H and O–H groups in total. The highest BCUT2D eigenvalue weighted by atomic mass is 32.2. The van der Waals surface area contributed by atoms with Crippen molar-refractivity contribution in [3.63, 3.8) is 0 Å². The van der Waals surface area contributed by atoms with E-state index in [1.165, 1.54) is 12.1 Å². The fourth-order valence-corrected chi connectivity index (χ4v) is 5.96. The first-order valence-electron chi connectivity index (χ1n) is 10.3. The van der Waals surface area contributed by atoms with Gasteiger partial charge in [0.1, 0.15) is 16.4 Å². The molecule has 2 aliphatic rings. The monoisotopic (exact) mass is 442 g/mol. The Morgan fingerprint density at radius 2 is 1.87 bits per heavy atom. The van der Waals surface area contributed by atoms with E-state index in [0.717, 1.165) is 11.1 Å². The van der Waals surface area contributed by atoms with Crippen LogP contribution in [0.1, 0.15) is 28.9 Å². The van der Waals surface area contributed by atoms with Gasteiger partial charge in [-0.1, -0.05) is 12.1 Å². The minimum Gasteiger partial charge on any atom is -0.368 e. The maximum atomic E-state index is 13.6. The molecular formula is C22H23FN4O3S. The lowest BCUT2D eigenvalue weighted by Crippen LogP contribution is -2.52. The molecule has 1 amide bonds. The van der Waals surface area contributed by atoms with Crippen molar-refractivity contribution in [1.82, 2.24) is 14.6 Å². The van der Waals surface area contributed by atoms with E-state index in [1.54, 1.807) is 35.2 Å². The van der Waals surface area contributed by atoms with Crippen LogP contribution in [-0.4, -0.2) is 43.5 Å². The van der Waals surface area contributed by atoms with Crippen LogP contribution in [0, 0.1) is 18.7 Å². The number of amides is 1. The third kappa shape index (κ3) is 3.47. The Balaban J connectivity index is 1.30. The van der Waals surface area contributed by atoms with Crippen LogP contribution in [-0.2, 0) is 10.0 Å². The molecule has 9 heteroatoms. The summed E-state index contributed by atoms with van der Waals surface area (Å²) in [6.07, 6.45) is 0.930. The van der Waals surface area contributed by atoms with Crippen molar-refractivity contribution in [2.24, 2.45) is 5.92 Å². The number of sulfonamides is 1. The number of aromatic amines is 1. The number of carbonyl (C=O) groups is 1. The standard InChI is InChI=1S/C22H23FN4O3S/c1-13-16-12-15(23)6-7-17(16)24-20(13)22(28)27-10-8-14(9-11-27)21-25-18-4-2-3-5-19(18)31(29,30)26-21/h2-7,12,14,21,24-26H,8-11H2,1H3/t21-/m0/s1. The van der Waals surface area contributed by atoms with Gasteiger partial charge in [0.05, 0.1) is 11.9 Å². The molecule has 1 atom stereocenters. The Morgan fingerprint density at radius 1 is 1.13 bits per heavy atom. The lowest BCUT2D eigenvalue weighted by Gasteiger charge is -2.38. The van der Waals surface area contributed by atoms with Crippen LogP contribution in [0.3, 0.4) is 0 Å². The van der Waals surface area contributed by atoms with Gasteiger partial charge in [-0.3, -0.25) is 4.79 Å². The maximum absolute atomic E-state index is 13.6. The van der Waals surface area contributed by atoms with Crippen LogP contribution in [0.15, 0.2) is 47.4 Å². The Kier molecular flexibility index (Phi) is 4.75. The molecular weight excluding hydrogens is 419 g/mol. The Hall–Kier alpha value is -2.91. The van der Waals surface area contributed by atoms with Crippen LogP contribution in [0.25, 0.3) is 10.9 Å². The van der Waals surface area contributed by atoms with E-state index >= 15 is 0 Å². The van der Waals surface area contributed by atoms with E-state index in [4.69, 9.17) is 0 Å². The third-order valence-corrected chi connectivity index (χ3v) is 7.80. The molecule has 1 fully saturated rings. The summed E-state index contributed by atoms with van der Waals surface area (Å²) < 4.78 is 41.5. The van der Waals surface area contributed by atoms with Gasteiger partial charge in [-0.25, -0.2) is 12.8 Å². The number of aromatic nitrogens is 1. The van der Waals surface area contributed by atoms with Crippen molar-refractivity contribution in [2.75, 3.05) is 18.4 Å². The van der Waals surface area contributed by atoms with Crippen LogP contribution in [0.4, 0.5) is 10.1 Å². The van der Waals surface area contributed by atoms with E-state index in [0.29, 0.717) is 42.7 Å². The molecule has 3 heterocycles. The summed E-state index contributed by atoms with van der Waals surface area (Å²) in [5.74, 6) is -0.390. The zero-order valence-corrected chi connectivity index (χ0v) is 17.8. The van der Waals surface area contributed by atoms with Crippen molar-refractivity contribution in [2.45, 2.75) is 30.8 Å². The minimum atomic E-state index is -3.57. The molecule has 0 spiro atoms. The number of aryl methyl sites for hydroxylation is 1. The van der Waals surface area contributed by atoms with E-state index in [2.05, 4.69) is 15.0 Å². The number of hydrogen-bond donors (Lipinski definition) is 3. The number of anilines is 1. The molecule has 5 rings (SSSR count). The molecule has 1 aromatic heterocycles. The number of nitrogens with zero attached hydrogens (tertiary/aromatic N) is 1. The highest BCUT2D eigenvalue weighted by Gasteiger charge is 2.36. The van der Waals surface area contributed by atoms with Gasteiger partial charge in [0.25, 0.3) is 5.91 Å². The summed E-state index contributed by atoms with van der Waals surface area (Å²) in [6, 6.07) is 11.3. The molecule has 162 valence electrons.